The number of carbonyl (C=O) groups is 7. The minimum absolute atomic E-state index is 0.00677. The van der Waals surface area contributed by atoms with E-state index in [0.29, 0.717) is 18.4 Å². The highest BCUT2D eigenvalue weighted by Gasteiger charge is 2.31. The van der Waals surface area contributed by atoms with E-state index in [2.05, 4.69) is 36.9 Å². The first-order chi connectivity index (χ1) is 26.2. The van der Waals surface area contributed by atoms with Gasteiger partial charge in [-0.3, -0.25) is 33.8 Å². The van der Waals surface area contributed by atoms with Crippen molar-refractivity contribution in [2.24, 2.45) is 39.9 Å². The maximum absolute atomic E-state index is 13.6. The van der Waals surface area contributed by atoms with Crippen LogP contribution in [-0.4, -0.2) is 107 Å². The van der Waals surface area contributed by atoms with Crippen molar-refractivity contribution in [2.75, 3.05) is 19.6 Å². The first kappa shape index (κ1) is 48.6. The molecule has 0 bridgehead atoms. The maximum atomic E-state index is 13.6. The Hall–Kier alpha value is -5.46. The van der Waals surface area contributed by atoms with Gasteiger partial charge >= 0.3 is 5.97 Å². The number of guanidine groups is 1. The van der Waals surface area contributed by atoms with Crippen LogP contribution in [0.4, 0.5) is 0 Å². The molecule has 14 N–H and O–H groups in total. The minimum atomic E-state index is -1.35. The zero-order valence-electron chi connectivity index (χ0n) is 33.2. The minimum Gasteiger partial charge on any atom is -0.508 e. The average Bonchev–Trinajstić information content (AvgIpc) is 3.09. The molecule has 19 nitrogen and oxygen atoms in total. The van der Waals surface area contributed by atoms with Gasteiger partial charge in [0.1, 0.15) is 29.9 Å². The van der Waals surface area contributed by atoms with Gasteiger partial charge in [-0.2, -0.15) is 0 Å². The number of carbonyl (C=O) groups excluding carboxylic acids is 6. The first-order valence-corrected chi connectivity index (χ1v) is 18.7. The number of phenols is 1. The number of nitrogens with zero attached hydrogens (tertiary/aromatic N) is 1. The lowest BCUT2D eigenvalue weighted by molar-refractivity contribution is -0.142. The Kier molecular flexibility index (Phi) is 21.5. The predicted molar refractivity (Wildman–Crippen MR) is 209 cm³/mol. The van der Waals surface area contributed by atoms with Crippen molar-refractivity contribution in [3.63, 3.8) is 0 Å². The van der Waals surface area contributed by atoms with E-state index in [-0.39, 0.29) is 61.7 Å². The molecule has 19 heteroatoms. The second-order valence-electron chi connectivity index (χ2n) is 15.0. The number of hydrogen-bond acceptors (Lipinski definition) is 10. The van der Waals surface area contributed by atoms with Crippen LogP contribution in [-0.2, 0) is 40.0 Å². The SMILES string of the molecule is CC(C)C[C@H](NC(=O)[C@H](CCCN=C(N)N)NC(=O)CNC(=O)CNC(=O)[C@H](CC(C)C)NC(=O)[C@@H](N)CC(C)C)C(=O)N[C@@H](Cc1ccc(O)cc1)C(=O)O. The van der Waals surface area contributed by atoms with Crippen molar-refractivity contribution in [1.29, 1.82) is 0 Å². The van der Waals surface area contributed by atoms with Gasteiger partial charge in [0.2, 0.25) is 35.4 Å². The number of carboxylic acid groups (broad SMARTS) is 1. The van der Waals surface area contributed by atoms with E-state index < -0.39 is 84.7 Å². The van der Waals surface area contributed by atoms with Crippen LogP contribution in [0.5, 0.6) is 5.75 Å². The lowest BCUT2D eigenvalue weighted by Crippen LogP contribution is -2.57. The van der Waals surface area contributed by atoms with Crippen molar-refractivity contribution >= 4 is 47.4 Å². The zero-order chi connectivity index (χ0) is 42.5. The van der Waals surface area contributed by atoms with Crippen LogP contribution in [0, 0.1) is 17.8 Å². The summed E-state index contributed by atoms with van der Waals surface area (Å²) in [4.78, 5) is 94.0. The molecule has 1 aromatic rings. The molecular formula is C37H62N10O9. The van der Waals surface area contributed by atoms with Gasteiger partial charge < -0.3 is 59.3 Å². The Morgan fingerprint density at radius 2 is 1.14 bits per heavy atom. The molecule has 0 saturated carbocycles. The molecule has 6 amide bonds. The first-order valence-electron chi connectivity index (χ1n) is 18.7. The van der Waals surface area contributed by atoms with Gasteiger partial charge in [-0.05, 0) is 67.6 Å². The molecule has 0 radical (unpaired) electrons. The smallest absolute Gasteiger partial charge is 0.326 e. The van der Waals surface area contributed by atoms with Crippen molar-refractivity contribution in [2.45, 2.75) is 110 Å². The number of aromatic hydroxyl groups is 1. The molecule has 1 rings (SSSR count). The van der Waals surface area contributed by atoms with Gasteiger partial charge in [0, 0.05) is 13.0 Å². The number of rotatable bonds is 25. The number of aliphatic imine (C=N–C) groups is 1. The fraction of sp³-hybridized carbons (Fsp3) is 0.622. The third-order valence-electron chi connectivity index (χ3n) is 8.20. The number of nitrogens with one attached hydrogen (secondary N) is 6. The second kappa shape index (κ2) is 24.8. The number of aliphatic carboxylic acids is 1. The summed E-state index contributed by atoms with van der Waals surface area (Å²) in [7, 11) is 0. The van der Waals surface area contributed by atoms with Crippen molar-refractivity contribution < 1.29 is 43.8 Å². The van der Waals surface area contributed by atoms with Crippen LogP contribution in [0.3, 0.4) is 0 Å². The van der Waals surface area contributed by atoms with Gasteiger partial charge in [0.15, 0.2) is 5.96 Å². The lowest BCUT2D eigenvalue weighted by atomic mass is 10.0. The third kappa shape index (κ3) is 20.3. The predicted octanol–water partition coefficient (Wildman–Crippen LogP) is -1.29. The molecule has 5 atom stereocenters. The molecule has 0 aromatic heterocycles. The van der Waals surface area contributed by atoms with Crippen LogP contribution in [0.1, 0.15) is 79.2 Å². The number of carboxylic acids is 1. The summed E-state index contributed by atoms with van der Waals surface area (Å²) in [6.07, 6.45) is 1.02. The average molecular weight is 791 g/mol. The summed E-state index contributed by atoms with van der Waals surface area (Å²) < 4.78 is 0. The maximum Gasteiger partial charge on any atom is 0.326 e. The van der Waals surface area contributed by atoms with Crippen LogP contribution in [0.15, 0.2) is 29.3 Å². The van der Waals surface area contributed by atoms with E-state index in [9.17, 15) is 43.8 Å². The number of amides is 6. The summed E-state index contributed by atoms with van der Waals surface area (Å²) in [5.41, 5.74) is 17.3. The molecular weight excluding hydrogens is 728 g/mol. The Bertz CT molecular complexity index is 1500. The van der Waals surface area contributed by atoms with Crippen molar-refractivity contribution in [1.82, 2.24) is 31.9 Å². The summed E-state index contributed by atoms with van der Waals surface area (Å²) in [6, 6.07) is 0.337. The highest BCUT2D eigenvalue weighted by atomic mass is 16.4. The fourth-order valence-electron chi connectivity index (χ4n) is 5.46. The number of nitrogens with two attached hydrogens (primary N) is 3. The molecule has 0 heterocycles. The fourth-order valence-corrected chi connectivity index (χ4v) is 5.46. The molecule has 314 valence electrons. The van der Waals surface area contributed by atoms with Gasteiger partial charge in [0.05, 0.1) is 19.1 Å². The standard InChI is InChI=1S/C37H62N10O9/c1-20(2)14-25(38)32(51)45-27(15-21(3)4)33(52)43-18-30(49)42-19-31(50)44-26(8-7-13-41-37(39)40)34(53)46-28(16-22(5)6)35(54)47-29(36(55)56)17-23-9-11-24(48)12-10-23/h9-12,20-22,25-29,48H,7-8,13-19,38H2,1-6H3,(H,42,49)(H,43,52)(H,44,50)(H,45,51)(H,46,53)(H,47,54)(H,55,56)(H4,39,40,41)/t25-,26-,27-,28-,29-/m0/s1. The molecule has 0 aliphatic heterocycles. The zero-order valence-corrected chi connectivity index (χ0v) is 33.2. The second-order valence-corrected chi connectivity index (χ2v) is 15.0. The number of hydrogen-bond donors (Lipinski definition) is 11. The van der Waals surface area contributed by atoms with Crippen LogP contribution >= 0.6 is 0 Å². The van der Waals surface area contributed by atoms with Gasteiger partial charge in [-0.1, -0.05) is 53.7 Å². The lowest BCUT2D eigenvalue weighted by Gasteiger charge is -2.25. The van der Waals surface area contributed by atoms with E-state index in [4.69, 9.17) is 17.2 Å². The van der Waals surface area contributed by atoms with E-state index >= 15 is 0 Å². The van der Waals surface area contributed by atoms with Crippen molar-refractivity contribution in [3.8, 4) is 5.75 Å². The van der Waals surface area contributed by atoms with E-state index in [0.717, 1.165) is 0 Å². The highest BCUT2D eigenvalue weighted by molar-refractivity contribution is 5.95. The molecule has 0 fully saturated rings. The highest BCUT2D eigenvalue weighted by Crippen LogP contribution is 2.13. The Morgan fingerprint density at radius 3 is 1.68 bits per heavy atom. The number of benzene rings is 1. The van der Waals surface area contributed by atoms with Gasteiger partial charge in [-0.15, -0.1) is 0 Å². The van der Waals surface area contributed by atoms with Gasteiger partial charge in [0.25, 0.3) is 0 Å². The summed E-state index contributed by atoms with van der Waals surface area (Å²) in [6.45, 7) is 10.2. The third-order valence-corrected chi connectivity index (χ3v) is 8.20. The monoisotopic (exact) mass is 790 g/mol. The summed E-state index contributed by atoms with van der Waals surface area (Å²) in [5, 5.41) is 34.5. The Labute approximate surface area is 328 Å². The van der Waals surface area contributed by atoms with E-state index in [1.54, 1.807) is 13.8 Å². The van der Waals surface area contributed by atoms with E-state index in [1.165, 1.54) is 24.3 Å². The molecule has 56 heavy (non-hydrogen) atoms. The molecule has 1 aromatic carbocycles. The van der Waals surface area contributed by atoms with Crippen LogP contribution in [0.25, 0.3) is 0 Å². The number of phenolic OH excluding ortho intramolecular Hbond substituents is 1. The van der Waals surface area contributed by atoms with E-state index in [1.807, 2.05) is 27.7 Å². The van der Waals surface area contributed by atoms with Gasteiger partial charge in [-0.25, -0.2) is 4.79 Å². The molecule has 0 saturated heterocycles. The van der Waals surface area contributed by atoms with Crippen LogP contribution in [0.2, 0.25) is 0 Å². The quantitative estimate of drug-likeness (QED) is 0.0313. The molecule has 0 aliphatic carbocycles. The summed E-state index contributed by atoms with van der Waals surface area (Å²) in [5.74, 6) is -5.48. The molecule has 0 unspecified atom stereocenters. The van der Waals surface area contributed by atoms with Crippen molar-refractivity contribution in [3.05, 3.63) is 29.8 Å². The topological polar surface area (TPSA) is 323 Å². The van der Waals surface area contributed by atoms with Crippen LogP contribution < -0.4 is 49.1 Å². The molecule has 0 aliphatic rings. The Morgan fingerprint density at radius 1 is 0.643 bits per heavy atom. The summed E-state index contributed by atoms with van der Waals surface area (Å²) >= 11 is 0. The Balaban J connectivity index is 2.96. The normalized spacial score (nSPS) is 13.8. The largest absolute Gasteiger partial charge is 0.508 e. The molecule has 0 spiro atoms.